The summed E-state index contributed by atoms with van der Waals surface area (Å²) in [5.74, 6) is 0.0904. The van der Waals surface area contributed by atoms with Gasteiger partial charge in [0.2, 0.25) is 0 Å². The van der Waals surface area contributed by atoms with E-state index in [1.54, 1.807) is 6.07 Å². The molecule has 1 aromatic rings. The molecule has 0 radical (unpaired) electrons. The van der Waals surface area contributed by atoms with Gasteiger partial charge in [-0.25, -0.2) is 0 Å². The number of nitrogens with two attached hydrogens (primary N) is 1. The SMILES string of the molecule is CC(C)OCCOCc1ccccc1/C(N)=N/O. The maximum absolute atomic E-state index is 8.69. The van der Waals surface area contributed by atoms with Gasteiger partial charge in [0, 0.05) is 5.56 Å². The molecule has 1 rings (SSSR count). The smallest absolute Gasteiger partial charge is 0.170 e. The molecule has 0 aliphatic carbocycles. The number of benzene rings is 1. The molecule has 100 valence electrons. The Hall–Kier alpha value is -1.59. The Balaban J connectivity index is 2.47. The predicted molar refractivity (Wildman–Crippen MR) is 69.7 cm³/mol. The van der Waals surface area contributed by atoms with Crippen molar-refractivity contribution in [2.45, 2.75) is 26.6 Å². The zero-order valence-electron chi connectivity index (χ0n) is 10.8. The van der Waals surface area contributed by atoms with Crippen LogP contribution in [0.4, 0.5) is 0 Å². The molecule has 1 aromatic carbocycles. The van der Waals surface area contributed by atoms with Crippen molar-refractivity contribution in [3.63, 3.8) is 0 Å². The number of hydrogen-bond donors (Lipinski definition) is 2. The first-order valence-electron chi connectivity index (χ1n) is 5.90. The molecule has 0 aliphatic heterocycles. The van der Waals surface area contributed by atoms with E-state index < -0.39 is 0 Å². The first kappa shape index (κ1) is 14.5. The third kappa shape index (κ3) is 4.73. The van der Waals surface area contributed by atoms with E-state index in [1.165, 1.54) is 0 Å². The molecule has 18 heavy (non-hydrogen) atoms. The van der Waals surface area contributed by atoms with Gasteiger partial charge in [-0.3, -0.25) is 0 Å². The van der Waals surface area contributed by atoms with Crippen molar-refractivity contribution in [3.8, 4) is 0 Å². The van der Waals surface area contributed by atoms with Crippen LogP contribution in [0.5, 0.6) is 0 Å². The van der Waals surface area contributed by atoms with Crippen LogP contribution in [0.25, 0.3) is 0 Å². The minimum atomic E-state index is 0.0904. The van der Waals surface area contributed by atoms with Crippen LogP contribution in [0, 0.1) is 0 Å². The third-order valence-corrected chi connectivity index (χ3v) is 2.34. The van der Waals surface area contributed by atoms with Crippen LogP contribution in [-0.2, 0) is 16.1 Å². The highest BCUT2D eigenvalue weighted by Gasteiger charge is 2.06. The van der Waals surface area contributed by atoms with Crippen molar-refractivity contribution in [1.29, 1.82) is 0 Å². The van der Waals surface area contributed by atoms with E-state index in [0.717, 1.165) is 5.56 Å². The number of oxime groups is 1. The maximum atomic E-state index is 8.69. The molecule has 0 aromatic heterocycles. The first-order valence-corrected chi connectivity index (χ1v) is 5.90. The molecule has 0 aliphatic rings. The lowest BCUT2D eigenvalue weighted by Crippen LogP contribution is -2.16. The summed E-state index contributed by atoms with van der Waals surface area (Å²) in [6.45, 7) is 5.45. The molecule has 0 fully saturated rings. The molecule has 3 N–H and O–H groups in total. The van der Waals surface area contributed by atoms with Crippen LogP contribution >= 0.6 is 0 Å². The molecule has 0 unspecified atom stereocenters. The van der Waals surface area contributed by atoms with Gasteiger partial charge in [-0.15, -0.1) is 0 Å². The lowest BCUT2D eigenvalue weighted by molar-refractivity contribution is 0.0142. The Labute approximate surface area is 107 Å². The number of rotatable bonds is 7. The fourth-order valence-corrected chi connectivity index (χ4v) is 1.47. The van der Waals surface area contributed by atoms with Crippen molar-refractivity contribution in [2.75, 3.05) is 13.2 Å². The van der Waals surface area contributed by atoms with Crippen LogP contribution in [0.15, 0.2) is 29.4 Å². The summed E-state index contributed by atoms with van der Waals surface area (Å²) in [4.78, 5) is 0. The Morgan fingerprint density at radius 3 is 2.72 bits per heavy atom. The van der Waals surface area contributed by atoms with Gasteiger partial charge in [0.25, 0.3) is 0 Å². The number of hydrogen-bond acceptors (Lipinski definition) is 4. The van der Waals surface area contributed by atoms with E-state index in [1.807, 2.05) is 32.0 Å². The Morgan fingerprint density at radius 1 is 1.33 bits per heavy atom. The molecule has 0 saturated heterocycles. The largest absolute Gasteiger partial charge is 0.409 e. The summed E-state index contributed by atoms with van der Waals surface area (Å²) < 4.78 is 10.9. The summed E-state index contributed by atoms with van der Waals surface area (Å²) in [5.41, 5.74) is 7.16. The van der Waals surface area contributed by atoms with Gasteiger partial charge in [0.05, 0.1) is 25.9 Å². The summed E-state index contributed by atoms with van der Waals surface area (Å²) in [6.07, 6.45) is 0.207. The van der Waals surface area contributed by atoms with Crippen molar-refractivity contribution in [3.05, 3.63) is 35.4 Å². The van der Waals surface area contributed by atoms with Crippen LogP contribution in [-0.4, -0.2) is 30.4 Å². The quantitative estimate of drug-likeness (QED) is 0.255. The van der Waals surface area contributed by atoms with Gasteiger partial charge in [0.15, 0.2) is 5.84 Å². The Morgan fingerprint density at radius 2 is 2.06 bits per heavy atom. The third-order valence-electron chi connectivity index (χ3n) is 2.34. The molecule has 5 heteroatoms. The molecule has 0 saturated carbocycles. The molecular formula is C13H20N2O3. The van der Waals surface area contributed by atoms with Crippen molar-refractivity contribution in [2.24, 2.45) is 10.9 Å². The van der Waals surface area contributed by atoms with Gasteiger partial charge in [-0.2, -0.15) is 0 Å². The van der Waals surface area contributed by atoms with Crippen LogP contribution in [0.2, 0.25) is 0 Å². The highest BCUT2D eigenvalue weighted by atomic mass is 16.5. The average Bonchev–Trinajstić information content (AvgIpc) is 2.37. The topological polar surface area (TPSA) is 77.1 Å². The van der Waals surface area contributed by atoms with E-state index in [9.17, 15) is 0 Å². The normalized spacial score (nSPS) is 12.1. The van der Waals surface area contributed by atoms with Gasteiger partial charge in [0.1, 0.15) is 0 Å². The van der Waals surface area contributed by atoms with Crippen LogP contribution in [0.3, 0.4) is 0 Å². The van der Waals surface area contributed by atoms with E-state index in [0.29, 0.717) is 25.4 Å². The van der Waals surface area contributed by atoms with E-state index in [-0.39, 0.29) is 11.9 Å². The summed E-state index contributed by atoms with van der Waals surface area (Å²) in [6, 6.07) is 7.39. The highest BCUT2D eigenvalue weighted by Crippen LogP contribution is 2.09. The fourth-order valence-electron chi connectivity index (χ4n) is 1.47. The van der Waals surface area contributed by atoms with Crippen LogP contribution in [0.1, 0.15) is 25.0 Å². The minimum absolute atomic E-state index is 0.0904. The van der Waals surface area contributed by atoms with Crippen LogP contribution < -0.4 is 5.73 Å². The molecule has 5 nitrogen and oxygen atoms in total. The number of ether oxygens (including phenoxy) is 2. The summed E-state index contributed by atoms with van der Waals surface area (Å²) >= 11 is 0. The summed E-state index contributed by atoms with van der Waals surface area (Å²) in [5, 5.41) is 11.7. The standard InChI is InChI=1S/C13H20N2O3/c1-10(2)18-8-7-17-9-11-5-3-4-6-12(11)13(14)15-16/h3-6,10,16H,7-9H2,1-2H3,(H2,14,15). The summed E-state index contributed by atoms with van der Waals surface area (Å²) in [7, 11) is 0. The lowest BCUT2D eigenvalue weighted by atomic mass is 10.1. The average molecular weight is 252 g/mol. The van der Waals surface area contributed by atoms with Crippen molar-refractivity contribution < 1.29 is 14.7 Å². The van der Waals surface area contributed by atoms with Gasteiger partial charge >= 0.3 is 0 Å². The Bertz CT molecular complexity index is 392. The molecular weight excluding hydrogens is 232 g/mol. The monoisotopic (exact) mass is 252 g/mol. The van der Waals surface area contributed by atoms with E-state index in [4.69, 9.17) is 20.4 Å². The fraction of sp³-hybridized carbons (Fsp3) is 0.462. The highest BCUT2D eigenvalue weighted by molar-refractivity contribution is 5.98. The maximum Gasteiger partial charge on any atom is 0.170 e. The molecule has 0 amide bonds. The molecule has 0 heterocycles. The van der Waals surface area contributed by atoms with Gasteiger partial charge in [-0.05, 0) is 19.4 Å². The van der Waals surface area contributed by atoms with E-state index >= 15 is 0 Å². The van der Waals surface area contributed by atoms with Gasteiger partial charge in [-0.1, -0.05) is 29.4 Å². The predicted octanol–water partition coefficient (Wildman–Crippen LogP) is 1.72. The van der Waals surface area contributed by atoms with E-state index in [2.05, 4.69) is 5.16 Å². The second-order valence-corrected chi connectivity index (χ2v) is 4.11. The number of amidine groups is 1. The zero-order valence-corrected chi connectivity index (χ0v) is 10.8. The zero-order chi connectivity index (χ0) is 13.4. The van der Waals surface area contributed by atoms with Gasteiger partial charge < -0.3 is 20.4 Å². The lowest BCUT2D eigenvalue weighted by Gasteiger charge is -2.10. The minimum Gasteiger partial charge on any atom is -0.409 e. The molecule has 0 atom stereocenters. The first-order chi connectivity index (χ1) is 8.65. The molecule has 0 bridgehead atoms. The van der Waals surface area contributed by atoms with Crippen molar-refractivity contribution >= 4 is 5.84 Å². The second kappa shape index (κ2) is 7.68. The Kier molecular flexibility index (Phi) is 6.18. The second-order valence-electron chi connectivity index (χ2n) is 4.11. The van der Waals surface area contributed by atoms with Crippen molar-refractivity contribution in [1.82, 2.24) is 0 Å². The molecule has 0 spiro atoms. The number of nitrogens with zero attached hydrogens (tertiary/aromatic N) is 1.